The van der Waals surface area contributed by atoms with E-state index < -0.39 is 0 Å². The van der Waals surface area contributed by atoms with Gasteiger partial charge in [0.05, 0.1) is 0 Å². The monoisotopic (exact) mass is 239 g/mol. The van der Waals surface area contributed by atoms with E-state index in [-0.39, 0.29) is 6.10 Å². The number of aryl methyl sites for hydroxylation is 1. The summed E-state index contributed by atoms with van der Waals surface area (Å²) in [6.45, 7) is 2.67. The highest BCUT2D eigenvalue weighted by Gasteiger charge is 2.24. The zero-order chi connectivity index (χ0) is 12.5. The Labute approximate surface area is 107 Å². The highest BCUT2D eigenvalue weighted by atomic mass is 16.5. The van der Waals surface area contributed by atoms with E-state index in [1.807, 2.05) is 0 Å². The quantitative estimate of drug-likeness (QED) is 0.874. The molecule has 2 aromatic carbocycles. The molecule has 0 bridgehead atoms. The lowest BCUT2D eigenvalue weighted by Crippen LogP contribution is -2.24. The van der Waals surface area contributed by atoms with Gasteiger partial charge in [-0.3, -0.25) is 0 Å². The van der Waals surface area contributed by atoms with Crippen LogP contribution in [0.4, 0.5) is 0 Å². The summed E-state index contributed by atoms with van der Waals surface area (Å²) in [7, 11) is 0. The maximum atomic E-state index is 5.95. The SMILES string of the molecule is Cc1ccc(-c2cccc3c2OC(CN)C3)cc1. The van der Waals surface area contributed by atoms with Crippen LogP contribution in [-0.4, -0.2) is 12.6 Å². The average molecular weight is 239 g/mol. The van der Waals surface area contributed by atoms with Crippen molar-refractivity contribution in [3.63, 3.8) is 0 Å². The van der Waals surface area contributed by atoms with Gasteiger partial charge in [0, 0.05) is 18.5 Å². The number of hydrogen-bond donors (Lipinski definition) is 1. The lowest BCUT2D eigenvalue weighted by atomic mass is 10.00. The molecule has 1 heterocycles. The third kappa shape index (κ3) is 1.89. The van der Waals surface area contributed by atoms with E-state index in [2.05, 4.69) is 49.4 Å². The largest absolute Gasteiger partial charge is 0.488 e. The minimum absolute atomic E-state index is 0.131. The molecule has 0 amide bonds. The van der Waals surface area contributed by atoms with Crippen molar-refractivity contribution in [3.05, 3.63) is 53.6 Å². The van der Waals surface area contributed by atoms with Gasteiger partial charge in [-0.05, 0) is 18.1 Å². The zero-order valence-corrected chi connectivity index (χ0v) is 10.5. The molecule has 0 spiro atoms. The van der Waals surface area contributed by atoms with Crippen molar-refractivity contribution in [1.82, 2.24) is 0 Å². The number of nitrogens with two attached hydrogens (primary N) is 1. The fraction of sp³-hybridized carbons (Fsp3) is 0.250. The molecule has 3 rings (SSSR count). The third-order valence-electron chi connectivity index (χ3n) is 3.45. The van der Waals surface area contributed by atoms with Gasteiger partial charge in [-0.1, -0.05) is 48.0 Å². The van der Waals surface area contributed by atoms with Gasteiger partial charge in [0.25, 0.3) is 0 Å². The number of fused-ring (bicyclic) bond motifs is 1. The Kier molecular flexibility index (Phi) is 2.80. The van der Waals surface area contributed by atoms with Gasteiger partial charge in [-0.25, -0.2) is 0 Å². The van der Waals surface area contributed by atoms with Gasteiger partial charge in [-0.2, -0.15) is 0 Å². The Hall–Kier alpha value is -1.80. The van der Waals surface area contributed by atoms with Crippen molar-refractivity contribution in [2.75, 3.05) is 6.54 Å². The Bertz CT molecular complexity index is 560. The highest BCUT2D eigenvalue weighted by Crippen LogP contribution is 2.38. The van der Waals surface area contributed by atoms with Crippen molar-refractivity contribution in [2.24, 2.45) is 5.73 Å². The summed E-state index contributed by atoms with van der Waals surface area (Å²) in [5.41, 5.74) is 10.6. The van der Waals surface area contributed by atoms with Gasteiger partial charge in [-0.15, -0.1) is 0 Å². The van der Waals surface area contributed by atoms with Gasteiger partial charge < -0.3 is 10.5 Å². The Morgan fingerprint density at radius 1 is 1.17 bits per heavy atom. The van der Waals surface area contributed by atoms with Gasteiger partial charge in [0.2, 0.25) is 0 Å². The van der Waals surface area contributed by atoms with Crippen LogP contribution in [0.1, 0.15) is 11.1 Å². The third-order valence-corrected chi connectivity index (χ3v) is 3.45. The van der Waals surface area contributed by atoms with Crippen LogP contribution in [0.2, 0.25) is 0 Å². The van der Waals surface area contributed by atoms with Gasteiger partial charge in [0.15, 0.2) is 0 Å². The maximum absolute atomic E-state index is 5.95. The van der Waals surface area contributed by atoms with Crippen LogP contribution in [-0.2, 0) is 6.42 Å². The summed E-state index contributed by atoms with van der Waals surface area (Å²) in [5, 5.41) is 0. The van der Waals surface area contributed by atoms with Crippen LogP contribution in [0.25, 0.3) is 11.1 Å². The predicted octanol–water partition coefficient (Wildman–Crippen LogP) is 2.92. The Balaban J connectivity index is 2.05. The lowest BCUT2D eigenvalue weighted by Gasteiger charge is -2.11. The second-order valence-corrected chi connectivity index (χ2v) is 4.84. The predicted molar refractivity (Wildman–Crippen MR) is 73.8 cm³/mol. The van der Waals surface area contributed by atoms with Crippen molar-refractivity contribution in [2.45, 2.75) is 19.4 Å². The number of rotatable bonds is 2. The Morgan fingerprint density at radius 2 is 1.94 bits per heavy atom. The zero-order valence-electron chi connectivity index (χ0n) is 10.5. The number of para-hydroxylation sites is 1. The average Bonchev–Trinajstić information content (AvgIpc) is 2.82. The topological polar surface area (TPSA) is 35.2 Å². The fourth-order valence-corrected chi connectivity index (χ4v) is 2.43. The molecule has 0 aliphatic carbocycles. The minimum atomic E-state index is 0.131. The molecule has 2 heteroatoms. The highest BCUT2D eigenvalue weighted by molar-refractivity contribution is 5.73. The van der Waals surface area contributed by atoms with Crippen molar-refractivity contribution in [3.8, 4) is 16.9 Å². The summed E-state index contributed by atoms with van der Waals surface area (Å²) in [5.74, 6) is 1.01. The molecular formula is C16H17NO. The van der Waals surface area contributed by atoms with Crippen LogP contribution in [0.5, 0.6) is 5.75 Å². The van der Waals surface area contributed by atoms with E-state index in [4.69, 9.17) is 10.5 Å². The molecule has 1 atom stereocenters. The standard InChI is InChI=1S/C16H17NO/c1-11-5-7-12(8-6-11)15-4-2-3-13-9-14(10-17)18-16(13)15/h2-8,14H,9-10,17H2,1H3. The van der Waals surface area contributed by atoms with E-state index in [9.17, 15) is 0 Å². The molecule has 2 aromatic rings. The molecule has 18 heavy (non-hydrogen) atoms. The lowest BCUT2D eigenvalue weighted by molar-refractivity contribution is 0.242. The molecule has 2 nitrogen and oxygen atoms in total. The van der Waals surface area contributed by atoms with E-state index in [1.54, 1.807) is 0 Å². The van der Waals surface area contributed by atoms with Crippen LogP contribution >= 0.6 is 0 Å². The second-order valence-electron chi connectivity index (χ2n) is 4.84. The first-order chi connectivity index (χ1) is 8.78. The normalized spacial score (nSPS) is 17.3. The first kappa shape index (κ1) is 11.3. The van der Waals surface area contributed by atoms with E-state index in [0.29, 0.717) is 6.54 Å². The molecule has 0 saturated heterocycles. The molecule has 1 aliphatic heterocycles. The molecule has 0 fully saturated rings. The smallest absolute Gasteiger partial charge is 0.130 e. The number of hydrogen-bond acceptors (Lipinski definition) is 2. The van der Waals surface area contributed by atoms with E-state index >= 15 is 0 Å². The first-order valence-electron chi connectivity index (χ1n) is 6.33. The van der Waals surface area contributed by atoms with Crippen molar-refractivity contribution >= 4 is 0 Å². The van der Waals surface area contributed by atoms with Crippen LogP contribution < -0.4 is 10.5 Å². The van der Waals surface area contributed by atoms with E-state index in [0.717, 1.165) is 12.2 Å². The molecular weight excluding hydrogens is 222 g/mol. The van der Waals surface area contributed by atoms with Crippen LogP contribution in [0.3, 0.4) is 0 Å². The molecule has 0 aromatic heterocycles. The van der Waals surface area contributed by atoms with E-state index in [1.165, 1.54) is 22.3 Å². The molecule has 1 unspecified atom stereocenters. The van der Waals surface area contributed by atoms with Gasteiger partial charge in [0.1, 0.15) is 11.9 Å². The molecule has 1 aliphatic rings. The minimum Gasteiger partial charge on any atom is -0.488 e. The summed E-state index contributed by atoms with van der Waals surface area (Å²) in [6.07, 6.45) is 1.05. The molecule has 2 N–H and O–H groups in total. The second kappa shape index (κ2) is 4.46. The Morgan fingerprint density at radius 3 is 2.67 bits per heavy atom. The fourth-order valence-electron chi connectivity index (χ4n) is 2.43. The van der Waals surface area contributed by atoms with Crippen LogP contribution in [0, 0.1) is 6.92 Å². The summed E-state index contributed by atoms with van der Waals surface area (Å²) >= 11 is 0. The van der Waals surface area contributed by atoms with Gasteiger partial charge >= 0.3 is 0 Å². The summed E-state index contributed by atoms with van der Waals surface area (Å²) in [6, 6.07) is 14.9. The summed E-state index contributed by atoms with van der Waals surface area (Å²) < 4.78 is 5.95. The van der Waals surface area contributed by atoms with Crippen molar-refractivity contribution in [1.29, 1.82) is 0 Å². The molecule has 0 saturated carbocycles. The number of ether oxygens (including phenoxy) is 1. The molecule has 92 valence electrons. The van der Waals surface area contributed by atoms with Crippen LogP contribution in [0.15, 0.2) is 42.5 Å². The first-order valence-corrected chi connectivity index (χ1v) is 6.33. The van der Waals surface area contributed by atoms with Crippen molar-refractivity contribution < 1.29 is 4.74 Å². The number of benzene rings is 2. The maximum Gasteiger partial charge on any atom is 0.130 e. The summed E-state index contributed by atoms with van der Waals surface area (Å²) in [4.78, 5) is 0. The molecule has 0 radical (unpaired) electrons.